The summed E-state index contributed by atoms with van der Waals surface area (Å²) in [5, 5.41) is 0. The normalized spacial score (nSPS) is 11.1. The number of nitrogens with two attached hydrogens (primary N) is 1. The Morgan fingerprint density at radius 3 is 2.54 bits per heavy atom. The first-order chi connectivity index (χ1) is 6.30. The van der Waals surface area contributed by atoms with Crippen molar-refractivity contribution in [1.82, 2.24) is 4.57 Å². The first-order valence-electron chi connectivity index (χ1n) is 5.14. The van der Waals surface area contributed by atoms with E-state index in [1.54, 1.807) is 0 Å². The molecule has 0 unspecified atom stereocenters. The molecule has 0 spiro atoms. The van der Waals surface area contributed by atoms with Crippen LogP contribution in [0.1, 0.15) is 32.3 Å². The van der Waals surface area contributed by atoms with Gasteiger partial charge in [-0.25, -0.2) is 0 Å². The maximum Gasteiger partial charge on any atom is 0.0247 e. The zero-order valence-electron chi connectivity index (χ0n) is 8.66. The van der Waals surface area contributed by atoms with E-state index >= 15 is 0 Å². The van der Waals surface area contributed by atoms with Crippen molar-refractivity contribution in [3.05, 3.63) is 24.0 Å². The van der Waals surface area contributed by atoms with Crippen molar-refractivity contribution in [2.75, 3.05) is 0 Å². The first-order valence-corrected chi connectivity index (χ1v) is 5.14. The summed E-state index contributed by atoms with van der Waals surface area (Å²) in [7, 11) is 0. The summed E-state index contributed by atoms with van der Waals surface area (Å²) < 4.78 is 2.25. The molecule has 1 rings (SSSR count). The molecule has 0 aliphatic carbocycles. The monoisotopic (exact) mass is 180 g/mol. The highest BCUT2D eigenvalue weighted by Gasteiger charge is 2.03. The van der Waals surface area contributed by atoms with Crippen molar-refractivity contribution in [2.45, 2.75) is 39.8 Å². The van der Waals surface area contributed by atoms with E-state index in [1.807, 2.05) is 0 Å². The average molecular weight is 180 g/mol. The molecule has 1 heterocycles. The second-order valence-corrected chi connectivity index (χ2v) is 3.60. The lowest BCUT2D eigenvalue weighted by molar-refractivity contribution is 0.419. The molecule has 0 amide bonds. The van der Waals surface area contributed by atoms with Gasteiger partial charge in [0.25, 0.3) is 0 Å². The standard InChI is InChI=1S/C11H20N2/c1-3-10(4-2)8-13-6-5-11(7-12)9-13/h5-6,9-10H,3-4,7-8,12H2,1-2H3. The lowest BCUT2D eigenvalue weighted by Crippen LogP contribution is -2.07. The van der Waals surface area contributed by atoms with Gasteiger partial charge in [-0.05, 0) is 17.5 Å². The van der Waals surface area contributed by atoms with Crippen molar-refractivity contribution in [1.29, 1.82) is 0 Å². The molecule has 74 valence electrons. The zero-order valence-corrected chi connectivity index (χ0v) is 8.66. The Balaban J connectivity index is 2.52. The van der Waals surface area contributed by atoms with E-state index in [0.29, 0.717) is 6.54 Å². The fourth-order valence-corrected chi connectivity index (χ4v) is 1.57. The summed E-state index contributed by atoms with van der Waals surface area (Å²) in [6.45, 7) is 6.28. The van der Waals surface area contributed by atoms with Crippen LogP contribution in [0.15, 0.2) is 18.5 Å². The molecule has 0 fully saturated rings. The fourth-order valence-electron chi connectivity index (χ4n) is 1.57. The molecule has 0 radical (unpaired) electrons. The molecule has 0 atom stereocenters. The maximum atomic E-state index is 5.55. The van der Waals surface area contributed by atoms with Crippen LogP contribution < -0.4 is 5.73 Å². The smallest absolute Gasteiger partial charge is 0.0247 e. The van der Waals surface area contributed by atoms with Crippen molar-refractivity contribution >= 4 is 0 Å². The van der Waals surface area contributed by atoms with Crippen molar-refractivity contribution in [3.63, 3.8) is 0 Å². The second-order valence-electron chi connectivity index (χ2n) is 3.60. The topological polar surface area (TPSA) is 30.9 Å². The molecule has 13 heavy (non-hydrogen) atoms. The van der Waals surface area contributed by atoms with E-state index in [4.69, 9.17) is 5.73 Å². The van der Waals surface area contributed by atoms with Crippen molar-refractivity contribution < 1.29 is 0 Å². The predicted molar refractivity (Wildman–Crippen MR) is 56.4 cm³/mol. The van der Waals surface area contributed by atoms with Gasteiger partial charge in [0.2, 0.25) is 0 Å². The largest absolute Gasteiger partial charge is 0.354 e. The number of aromatic nitrogens is 1. The summed E-state index contributed by atoms with van der Waals surface area (Å²) in [5.74, 6) is 0.804. The maximum absolute atomic E-state index is 5.55. The Morgan fingerprint density at radius 1 is 1.38 bits per heavy atom. The van der Waals surface area contributed by atoms with Crippen LogP contribution in [-0.4, -0.2) is 4.57 Å². The van der Waals surface area contributed by atoms with Gasteiger partial charge >= 0.3 is 0 Å². The molecule has 2 nitrogen and oxygen atoms in total. The Morgan fingerprint density at radius 2 is 2.08 bits per heavy atom. The van der Waals surface area contributed by atoms with Crippen LogP contribution >= 0.6 is 0 Å². The molecule has 0 bridgehead atoms. The summed E-state index contributed by atoms with van der Waals surface area (Å²) in [5.41, 5.74) is 6.77. The molecule has 0 saturated carbocycles. The Labute approximate surface area is 80.7 Å². The highest BCUT2D eigenvalue weighted by atomic mass is 14.9. The summed E-state index contributed by atoms with van der Waals surface area (Å²) in [6.07, 6.45) is 6.79. The Hall–Kier alpha value is -0.760. The van der Waals surface area contributed by atoms with Crippen LogP contribution in [-0.2, 0) is 13.1 Å². The summed E-state index contributed by atoms with van der Waals surface area (Å²) in [4.78, 5) is 0. The van der Waals surface area contributed by atoms with Gasteiger partial charge in [-0.2, -0.15) is 0 Å². The third-order valence-corrected chi connectivity index (χ3v) is 2.67. The van der Waals surface area contributed by atoms with E-state index in [-0.39, 0.29) is 0 Å². The fraction of sp³-hybridized carbons (Fsp3) is 0.636. The van der Waals surface area contributed by atoms with Gasteiger partial charge in [0, 0.05) is 25.5 Å². The van der Waals surface area contributed by atoms with E-state index < -0.39 is 0 Å². The van der Waals surface area contributed by atoms with Crippen LogP contribution in [0.5, 0.6) is 0 Å². The summed E-state index contributed by atoms with van der Waals surface area (Å²) >= 11 is 0. The van der Waals surface area contributed by atoms with E-state index in [0.717, 1.165) is 12.5 Å². The van der Waals surface area contributed by atoms with Gasteiger partial charge in [-0.3, -0.25) is 0 Å². The lowest BCUT2D eigenvalue weighted by atomic mass is 10.0. The molecule has 1 aromatic rings. The minimum absolute atomic E-state index is 0.649. The third kappa shape index (κ3) is 2.88. The molecular formula is C11H20N2. The predicted octanol–water partition coefficient (Wildman–Crippen LogP) is 2.38. The highest BCUT2D eigenvalue weighted by molar-refractivity contribution is 5.09. The highest BCUT2D eigenvalue weighted by Crippen LogP contribution is 2.11. The van der Waals surface area contributed by atoms with Gasteiger partial charge in [0.15, 0.2) is 0 Å². The van der Waals surface area contributed by atoms with Gasteiger partial charge in [-0.1, -0.05) is 26.7 Å². The quantitative estimate of drug-likeness (QED) is 0.741. The SMILES string of the molecule is CCC(CC)Cn1ccc(CN)c1. The second kappa shape index (κ2) is 5.07. The molecule has 2 N–H and O–H groups in total. The molecule has 2 heteroatoms. The number of nitrogens with zero attached hydrogens (tertiary/aromatic N) is 1. The Bertz CT molecular complexity index is 236. The molecular weight excluding hydrogens is 160 g/mol. The molecule has 1 aromatic heterocycles. The summed E-state index contributed by atoms with van der Waals surface area (Å²) in [6, 6.07) is 2.10. The molecule has 0 aliphatic heterocycles. The zero-order chi connectivity index (χ0) is 9.68. The minimum Gasteiger partial charge on any atom is -0.354 e. The van der Waals surface area contributed by atoms with E-state index in [1.165, 1.54) is 18.4 Å². The lowest BCUT2D eigenvalue weighted by Gasteiger charge is -2.12. The van der Waals surface area contributed by atoms with Gasteiger partial charge in [0.1, 0.15) is 0 Å². The van der Waals surface area contributed by atoms with Crippen LogP contribution in [0.4, 0.5) is 0 Å². The van der Waals surface area contributed by atoms with Crippen LogP contribution in [0, 0.1) is 5.92 Å². The first kappa shape index (κ1) is 10.3. The van der Waals surface area contributed by atoms with Crippen molar-refractivity contribution in [3.8, 4) is 0 Å². The third-order valence-electron chi connectivity index (χ3n) is 2.67. The molecule has 0 aromatic carbocycles. The van der Waals surface area contributed by atoms with Gasteiger partial charge < -0.3 is 10.3 Å². The average Bonchev–Trinajstić information content (AvgIpc) is 2.61. The van der Waals surface area contributed by atoms with E-state index in [2.05, 4.69) is 36.9 Å². The minimum atomic E-state index is 0.649. The Kier molecular flexibility index (Phi) is 4.03. The molecule has 0 aliphatic rings. The number of rotatable bonds is 5. The van der Waals surface area contributed by atoms with Crippen LogP contribution in [0.2, 0.25) is 0 Å². The van der Waals surface area contributed by atoms with E-state index in [9.17, 15) is 0 Å². The van der Waals surface area contributed by atoms with Crippen LogP contribution in [0.25, 0.3) is 0 Å². The van der Waals surface area contributed by atoms with Gasteiger partial charge in [0.05, 0.1) is 0 Å². The van der Waals surface area contributed by atoms with Gasteiger partial charge in [-0.15, -0.1) is 0 Å². The van der Waals surface area contributed by atoms with Crippen LogP contribution in [0.3, 0.4) is 0 Å². The molecule has 0 saturated heterocycles. The number of hydrogen-bond acceptors (Lipinski definition) is 1. The number of hydrogen-bond donors (Lipinski definition) is 1. The van der Waals surface area contributed by atoms with Crippen molar-refractivity contribution in [2.24, 2.45) is 11.7 Å².